The second-order valence-electron chi connectivity index (χ2n) is 4.52. The Kier molecular flexibility index (Phi) is 3.45. The van der Waals surface area contributed by atoms with Gasteiger partial charge in [-0.05, 0) is 30.7 Å². The van der Waals surface area contributed by atoms with Crippen LogP contribution in [-0.4, -0.2) is 29.3 Å². The van der Waals surface area contributed by atoms with Crippen LogP contribution in [0.3, 0.4) is 0 Å². The van der Waals surface area contributed by atoms with Crippen molar-refractivity contribution in [1.82, 2.24) is 0 Å². The molecule has 0 aromatic heterocycles. The van der Waals surface area contributed by atoms with Gasteiger partial charge in [-0.1, -0.05) is 17.7 Å². The lowest BCUT2D eigenvalue weighted by atomic mass is 9.93. The zero-order valence-electron chi connectivity index (χ0n) is 9.82. The van der Waals surface area contributed by atoms with Crippen molar-refractivity contribution in [2.45, 2.75) is 25.4 Å². The number of ether oxygens (including phenoxy) is 1. The van der Waals surface area contributed by atoms with E-state index in [4.69, 9.17) is 4.74 Å². The number of hydrogen-bond acceptors (Lipinski definition) is 3. The first kappa shape index (κ1) is 11.8. The van der Waals surface area contributed by atoms with Crippen molar-refractivity contribution in [3.63, 3.8) is 0 Å². The summed E-state index contributed by atoms with van der Waals surface area (Å²) in [6.07, 6.45) is 1.58. The monoisotopic (exact) mass is 238 g/mol. The van der Waals surface area contributed by atoms with Gasteiger partial charge in [-0.2, -0.15) is 11.8 Å². The van der Waals surface area contributed by atoms with Gasteiger partial charge in [0.1, 0.15) is 5.75 Å². The van der Waals surface area contributed by atoms with E-state index in [0.717, 1.165) is 29.2 Å². The molecule has 1 N–H and O–H groups in total. The summed E-state index contributed by atoms with van der Waals surface area (Å²) in [5, 5.41) is 10.4. The van der Waals surface area contributed by atoms with Crippen LogP contribution in [0.1, 0.15) is 17.5 Å². The summed E-state index contributed by atoms with van der Waals surface area (Å²) in [7, 11) is 1.68. The van der Waals surface area contributed by atoms with Gasteiger partial charge in [-0.15, -0.1) is 0 Å². The van der Waals surface area contributed by atoms with Crippen LogP contribution in [0.25, 0.3) is 0 Å². The molecule has 2 rings (SSSR count). The van der Waals surface area contributed by atoms with Crippen LogP contribution >= 0.6 is 11.8 Å². The smallest absolute Gasteiger partial charge is 0.122 e. The minimum absolute atomic E-state index is 0.536. The Morgan fingerprint density at radius 1 is 1.50 bits per heavy atom. The van der Waals surface area contributed by atoms with Gasteiger partial charge < -0.3 is 9.84 Å². The average Bonchev–Trinajstić information content (AvgIpc) is 2.65. The van der Waals surface area contributed by atoms with Gasteiger partial charge >= 0.3 is 0 Å². The highest BCUT2D eigenvalue weighted by atomic mass is 32.2. The van der Waals surface area contributed by atoms with E-state index >= 15 is 0 Å². The molecule has 1 heterocycles. The van der Waals surface area contributed by atoms with Gasteiger partial charge in [0.15, 0.2) is 0 Å². The van der Waals surface area contributed by atoms with E-state index in [0.29, 0.717) is 6.42 Å². The van der Waals surface area contributed by atoms with Crippen molar-refractivity contribution in [2.24, 2.45) is 0 Å². The van der Waals surface area contributed by atoms with Crippen LogP contribution < -0.4 is 4.74 Å². The highest BCUT2D eigenvalue weighted by Crippen LogP contribution is 2.33. The first-order valence-corrected chi connectivity index (χ1v) is 6.72. The Morgan fingerprint density at radius 3 is 2.94 bits per heavy atom. The van der Waals surface area contributed by atoms with Crippen molar-refractivity contribution in [2.75, 3.05) is 18.6 Å². The fourth-order valence-corrected chi connectivity index (χ4v) is 3.43. The van der Waals surface area contributed by atoms with Gasteiger partial charge in [0.2, 0.25) is 0 Å². The molecule has 0 amide bonds. The second kappa shape index (κ2) is 4.68. The molecule has 1 atom stereocenters. The standard InChI is InChI=1S/C13H18O2S/c1-10-3-4-12(15-2)11(7-10)8-13(14)5-6-16-9-13/h3-4,7,14H,5-6,8-9H2,1-2H3. The van der Waals surface area contributed by atoms with E-state index in [1.807, 2.05) is 23.9 Å². The van der Waals surface area contributed by atoms with Crippen molar-refractivity contribution >= 4 is 11.8 Å². The van der Waals surface area contributed by atoms with E-state index < -0.39 is 5.60 Å². The Bertz CT molecular complexity index is 370. The molecule has 16 heavy (non-hydrogen) atoms. The van der Waals surface area contributed by atoms with E-state index in [2.05, 4.69) is 13.0 Å². The summed E-state index contributed by atoms with van der Waals surface area (Å²) in [6, 6.07) is 6.13. The molecule has 1 unspecified atom stereocenters. The number of hydrogen-bond donors (Lipinski definition) is 1. The lowest BCUT2D eigenvalue weighted by Crippen LogP contribution is -2.31. The van der Waals surface area contributed by atoms with Crippen LogP contribution in [0.4, 0.5) is 0 Å². The number of aliphatic hydroxyl groups is 1. The summed E-state index contributed by atoms with van der Waals surface area (Å²) in [5.41, 5.74) is 1.80. The molecule has 3 heteroatoms. The van der Waals surface area contributed by atoms with E-state index in [-0.39, 0.29) is 0 Å². The molecular formula is C13H18O2S. The van der Waals surface area contributed by atoms with E-state index in [1.165, 1.54) is 5.56 Å². The third kappa shape index (κ3) is 2.53. The molecule has 0 aliphatic carbocycles. The van der Waals surface area contributed by atoms with Crippen molar-refractivity contribution in [1.29, 1.82) is 0 Å². The molecule has 0 radical (unpaired) electrons. The number of thioether (sulfide) groups is 1. The third-order valence-electron chi connectivity index (χ3n) is 3.04. The number of aryl methyl sites for hydroxylation is 1. The van der Waals surface area contributed by atoms with Crippen molar-refractivity contribution < 1.29 is 9.84 Å². The van der Waals surface area contributed by atoms with Crippen LogP contribution in [-0.2, 0) is 6.42 Å². The van der Waals surface area contributed by atoms with Gasteiger partial charge in [-0.3, -0.25) is 0 Å². The minimum Gasteiger partial charge on any atom is -0.496 e. The molecule has 1 saturated heterocycles. The fraction of sp³-hybridized carbons (Fsp3) is 0.538. The maximum Gasteiger partial charge on any atom is 0.122 e. The lowest BCUT2D eigenvalue weighted by Gasteiger charge is -2.22. The zero-order valence-corrected chi connectivity index (χ0v) is 10.6. The van der Waals surface area contributed by atoms with Crippen LogP contribution in [0.5, 0.6) is 5.75 Å². The summed E-state index contributed by atoms with van der Waals surface area (Å²) >= 11 is 1.83. The maximum absolute atomic E-state index is 10.4. The maximum atomic E-state index is 10.4. The van der Waals surface area contributed by atoms with Gasteiger partial charge in [-0.25, -0.2) is 0 Å². The first-order chi connectivity index (χ1) is 7.63. The molecule has 0 bridgehead atoms. The topological polar surface area (TPSA) is 29.5 Å². The number of methoxy groups -OCH3 is 1. The highest BCUT2D eigenvalue weighted by molar-refractivity contribution is 7.99. The Labute approximate surface area is 101 Å². The second-order valence-corrected chi connectivity index (χ2v) is 5.62. The average molecular weight is 238 g/mol. The van der Waals surface area contributed by atoms with E-state index in [9.17, 15) is 5.11 Å². The van der Waals surface area contributed by atoms with Crippen LogP contribution in [0.2, 0.25) is 0 Å². The van der Waals surface area contributed by atoms with Crippen molar-refractivity contribution in [3.8, 4) is 5.75 Å². The fourth-order valence-electron chi connectivity index (χ4n) is 2.14. The Morgan fingerprint density at radius 2 is 2.31 bits per heavy atom. The molecule has 2 nitrogen and oxygen atoms in total. The van der Waals surface area contributed by atoms with Crippen molar-refractivity contribution in [3.05, 3.63) is 29.3 Å². The Hall–Kier alpha value is -0.670. The molecule has 1 aliphatic heterocycles. The molecule has 1 aromatic carbocycles. The van der Waals surface area contributed by atoms with E-state index in [1.54, 1.807) is 7.11 Å². The molecule has 0 spiro atoms. The number of rotatable bonds is 3. The molecule has 1 fully saturated rings. The van der Waals surface area contributed by atoms with Crippen LogP contribution in [0, 0.1) is 6.92 Å². The predicted octanol–water partition coefficient (Wildman–Crippen LogP) is 2.41. The minimum atomic E-state index is -0.536. The molecular weight excluding hydrogens is 220 g/mol. The predicted molar refractivity (Wildman–Crippen MR) is 68.3 cm³/mol. The summed E-state index contributed by atoms with van der Waals surface area (Å²) in [6.45, 7) is 2.07. The first-order valence-electron chi connectivity index (χ1n) is 5.57. The molecule has 88 valence electrons. The highest BCUT2D eigenvalue weighted by Gasteiger charge is 2.32. The Balaban J connectivity index is 2.22. The molecule has 0 saturated carbocycles. The van der Waals surface area contributed by atoms with Gasteiger partial charge in [0.25, 0.3) is 0 Å². The van der Waals surface area contributed by atoms with Gasteiger partial charge in [0.05, 0.1) is 12.7 Å². The summed E-state index contributed by atoms with van der Waals surface area (Å²) < 4.78 is 5.34. The lowest BCUT2D eigenvalue weighted by molar-refractivity contribution is 0.0680. The van der Waals surface area contributed by atoms with Gasteiger partial charge in [0, 0.05) is 12.2 Å². The molecule has 1 aromatic rings. The summed E-state index contributed by atoms with van der Waals surface area (Å²) in [5.74, 6) is 2.78. The SMILES string of the molecule is COc1ccc(C)cc1CC1(O)CCSC1. The van der Waals surface area contributed by atoms with Crippen LogP contribution in [0.15, 0.2) is 18.2 Å². The molecule has 1 aliphatic rings. The quantitative estimate of drug-likeness (QED) is 0.877. The summed E-state index contributed by atoms with van der Waals surface area (Å²) in [4.78, 5) is 0. The largest absolute Gasteiger partial charge is 0.496 e. The third-order valence-corrected chi connectivity index (χ3v) is 4.27. The normalized spacial score (nSPS) is 24.7. The number of benzene rings is 1. The zero-order chi connectivity index (χ0) is 11.6.